The quantitative estimate of drug-likeness (QED) is 0.916. The molecule has 2 aromatic rings. The lowest BCUT2D eigenvalue weighted by atomic mass is 10.0. The monoisotopic (exact) mass is 259 g/mol. The van der Waals surface area contributed by atoms with E-state index in [9.17, 15) is 5.11 Å². The second-order valence-corrected chi connectivity index (χ2v) is 5.17. The van der Waals surface area contributed by atoms with E-state index in [-0.39, 0.29) is 5.75 Å². The fourth-order valence-corrected chi connectivity index (χ4v) is 2.74. The second kappa shape index (κ2) is 4.99. The molecule has 0 amide bonds. The Morgan fingerprint density at radius 3 is 3.00 bits per heavy atom. The predicted molar refractivity (Wildman–Crippen MR) is 69.6 cm³/mol. The second-order valence-electron chi connectivity index (χ2n) is 5.17. The number of rotatable bonds is 3. The molecule has 3 rings (SSSR count). The number of aromatic nitrogens is 3. The van der Waals surface area contributed by atoms with Crippen LogP contribution in [0.5, 0.6) is 5.75 Å². The van der Waals surface area contributed by atoms with Crippen LogP contribution in [0.2, 0.25) is 0 Å². The Morgan fingerprint density at radius 1 is 1.37 bits per heavy atom. The maximum atomic E-state index is 9.41. The molecule has 0 radical (unpaired) electrons. The molecular formula is C14H17N3O2. The van der Waals surface area contributed by atoms with Crippen molar-refractivity contribution in [2.75, 3.05) is 0 Å². The van der Waals surface area contributed by atoms with E-state index >= 15 is 0 Å². The number of hydrogen-bond donors (Lipinski definition) is 1. The van der Waals surface area contributed by atoms with Crippen molar-refractivity contribution in [1.82, 2.24) is 15.1 Å². The Kier molecular flexibility index (Phi) is 3.19. The molecule has 5 nitrogen and oxygen atoms in total. The third-order valence-electron chi connectivity index (χ3n) is 3.90. The van der Waals surface area contributed by atoms with Gasteiger partial charge >= 0.3 is 0 Å². The summed E-state index contributed by atoms with van der Waals surface area (Å²) in [5.74, 6) is 2.51. The van der Waals surface area contributed by atoms with Crippen molar-refractivity contribution in [2.24, 2.45) is 5.92 Å². The summed E-state index contributed by atoms with van der Waals surface area (Å²) in [6, 6.07) is 1.58. The summed E-state index contributed by atoms with van der Waals surface area (Å²) in [5.41, 5.74) is 0.656. The summed E-state index contributed by atoms with van der Waals surface area (Å²) in [6.45, 7) is 2.23. The number of pyridine rings is 1. The van der Waals surface area contributed by atoms with Crippen LogP contribution in [-0.2, 0) is 0 Å². The highest BCUT2D eigenvalue weighted by Gasteiger charge is 2.28. The molecule has 0 aliphatic heterocycles. The molecule has 1 saturated carbocycles. The van der Waals surface area contributed by atoms with E-state index < -0.39 is 0 Å². The Labute approximate surface area is 111 Å². The van der Waals surface area contributed by atoms with E-state index in [4.69, 9.17) is 4.52 Å². The summed E-state index contributed by atoms with van der Waals surface area (Å²) in [4.78, 5) is 8.36. The first kappa shape index (κ1) is 12.1. The van der Waals surface area contributed by atoms with Crippen molar-refractivity contribution >= 4 is 0 Å². The zero-order valence-electron chi connectivity index (χ0n) is 10.9. The molecule has 19 heavy (non-hydrogen) atoms. The number of hydrogen-bond acceptors (Lipinski definition) is 5. The van der Waals surface area contributed by atoms with Crippen LogP contribution in [0.15, 0.2) is 23.0 Å². The van der Waals surface area contributed by atoms with Crippen molar-refractivity contribution in [3.05, 3.63) is 24.3 Å². The van der Waals surface area contributed by atoms with Crippen LogP contribution >= 0.6 is 0 Å². The fourth-order valence-electron chi connectivity index (χ4n) is 2.74. The standard InChI is InChI=1S/C14H17N3O2/c1-2-9-3-4-10(5-9)13-16-14(19-17-13)11-6-12(18)8-15-7-11/h6-10,18H,2-5H2,1H3. The summed E-state index contributed by atoms with van der Waals surface area (Å²) in [6.07, 6.45) is 7.74. The van der Waals surface area contributed by atoms with Gasteiger partial charge < -0.3 is 9.63 Å². The fraction of sp³-hybridized carbons (Fsp3) is 0.500. The number of aromatic hydroxyl groups is 1. The molecule has 0 spiro atoms. The van der Waals surface area contributed by atoms with Crippen LogP contribution in [0.1, 0.15) is 44.3 Å². The van der Waals surface area contributed by atoms with Gasteiger partial charge in [0.25, 0.3) is 5.89 Å². The van der Waals surface area contributed by atoms with Crippen LogP contribution in [-0.4, -0.2) is 20.2 Å². The molecule has 0 bridgehead atoms. The minimum absolute atomic E-state index is 0.101. The molecule has 1 aliphatic carbocycles. The Bertz CT molecular complexity index is 567. The first-order valence-electron chi connectivity index (χ1n) is 6.74. The van der Waals surface area contributed by atoms with E-state index in [0.717, 1.165) is 24.6 Å². The highest BCUT2D eigenvalue weighted by atomic mass is 16.5. The van der Waals surface area contributed by atoms with Crippen molar-refractivity contribution in [1.29, 1.82) is 0 Å². The van der Waals surface area contributed by atoms with Crippen LogP contribution in [0, 0.1) is 5.92 Å². The van der Waals surface area contributed by atoms with Crippen molar-refractivity contribution in [2.45, 2.75) is 38.5 Å². The smallest absolute Gasteiger partial charge is 0.259 e. The zero-order valence-corrected chi connectivity index (χ0v) is 10.9. The Balaban J connectivity index is 1.80. The van der Waals surface area contributed by atoms with Crippen LogP contribution in [0.25, 0.3) is 11.5 Å². The summed E-state index contributed by atoms with van der Waals surface area (Å²) in [5, 5.41) is 13.5. The van der Waals surface area contributed by atoms with Gasteiger partial charge in [0.05, 0.1) is 11.8 Å². The van der Waals surface area contributed by atoms with E-state index in [2.05, 4.69) is 22.0 Å². The summed E-state index contributed by atoms with van der Waals surface area (Å²) >= 11 is 0. The first-order valence-corrected chi connectivity index (χ1v) is 6.74. The van der Waals surface area contributed by atoms with E-state index in [1.54, 1.807) is 12.3 Å². The Morgan fingerprint density at radius 2 is 2.26 bits per heavy atom. The van der Waals surface area contributed by atoms with Crippen molar-refractivity contribution < 1.29 is 9.63 Å². The lowest BCUT2D eigenvalue weighted by molar-refractivity contribution is 0.413. The molecular weight excluding hydrogens is 242 g/mol. The maximum Gasteiger partial charge on any atom is 0.259 e. The molecule has 1 N–H and O–H groups in total. The average molecular weight is 259 g/mol. The Hall–Kier alpha value is -1.91. The van der Waals surface area contributed by atoms with Gasteiger partial charge in [-0.2, -0.15) is 4.98 Å². The largest absolute Gasteiger partial charge is 0.506 e. The molecule has 2 aromatic heterocycles. The van der Waals surface area contributed by atoms with Gasteiger partial charge in [0, 0.05) is 12.1 Å². The summed E-state index contributed by atoms with van der Waals surface area (Å²) in [7, 11) is 0. The third kappa shape index (κ3) is 2.45. The highest BCUT2D eigenvalue weighted by Crippen LogP contribution is 2.38. The van der Waals surface area contributed by atoms with E-state index in [1.165, 1.54) is 19.0 Å². The van der Waals surface area contributed by atoms with Crippen LogP contribution in [0.3, 0.4) is 0 Å². The minimum atomic E-state index is 0.101. The van der Waals surface area contributed by atoms with Gasteiger partial charge in [0.15, 0.2) is 5.82 Å². The molecule has 1 aliphatic rings. The number of nitrogens with zero attached hydrogens (tertiary/aromatic N) is 3. The normalized spacial score (nSPS) is 22.8. The molecule has 0 saturated heterocycles. The lowest BCUT2D eigenvalue weighted by Gasteiger charge is -2.04. The minimum Gasteiger partial charge on any atom is -0.506 e. The van der Waals surface area contributed by atoms with Gasteiger partial charge in [-0.1, -0.05) is 18.5 Å². The van der Waals surface area contributed by atoms with Gasteiger partial charge in [-0.15, -0.1) is 0 Å². The zero-order chi connectivity index (χ0) is 13.2. The van der Waals surface area contributed by atoms with Crippen LogP contribution in [0.4, 0.5) is 0 Å². The molecule has 1 fully saturated rings. The van der Waals surface area contributed by atoms with E-state index in [0.29, 0.717) is 17.4 Å². The lowest BCUT2D eigenvalue weighted by Crippen LogP contribution is -1.97. The van der Waals surface area contributed by atoms with Gasteiger partial charge in [-0.3, -0.25) is 4.98 Å². The highest BCUT2D eigenvalue weighted by molar-refractivity contribution is 5.53. The van der Waals surface area contributed by atoms with Gasteiger partial charge in [-0.25, -0.2) is 0 Å². The van der Waals surface area contributed by atoms with Gasteiger partial charge in [-0.05, 0) is 31.2 Å². The van der Waals surface area contributed by atoms with Gasteiger partial charge in [0.2, 0.25) is 0 Å². The molecule has 2 heterocycles. The third-order valence-corrected chi connectivity index (χ3v) is 3.90. The molecule has 2 atom stereocenters. The molecule has 100 valence electrons. The first-order chi connectivity index (χ1) is 9.26. The molecule has 5 heteroatoms. The van der Waals surface area contributed by atoms with E-state index in [1.807, 2.05) is 0 Å². The molecule has 0 aromatic carbocycles. The SMILES string of the molecule is CCC1CCC(c2noc(-c3cncc(O)c3)n2)C1. The maximum absolute atomic E-state index is 9.41. The topological polar surface area (TPSA) is 72.0 Å². The van der Waals surface area contributed by atoms with Crippen molar-refractivity contribution in [3.63, 3.8) is 0 Å². The average Bonchev–Trinajstić information content (AvgIpc) is 3.07. The molecule has 2 unspecified atom stereocenters. The van der Waals surface area contributed by atoms with Crippen LogP contribution < -0.4 is 0 Å². The predicted octanol–water partition coefficient (Wildman–Crippen LogP) is 3.13. The summed E-state index contributed by atoms with van der Waals surface area (Å²) < 4.78 is 5.27. The van der Waals surface area contributed by atoms with Crippen molar-refractivity contribution in [3.8, 4) is 17.2 Å². The van der Waals surface area contributed by atoms with Gasteiger partial charge in [0.1, 0.15) is 5.75 Å².